The van der Waals surface area contributed by atoms with Crippen molar-refractivity contribution in [1.82, 2.24) is 0 Å². The fourth-order valence-corrected chi connectivity index (χ4v) is 1.83. The largest absolute Gasteiger partial charge is 0.343 e. The molecule has 0 saturated carbocycles. The van der Waals surface area contributed by atoms with Crippen molar-refractivity contribution in [2.24, 2.45) is 0 Å². The fraction of sp³-hybridized carbons (Fsp3) is 0.188. The van der Waals surface area contributed by atoms with E-state index < -0.39 is 11.6 Å². The molecule has 0 spiro atoms. The van der Waals surface area contributed by atoms with Crippen LogP contribution in [0.4, 0.5) is 8.78 Å². The second kappa shape index (κ2) is 8.83. The number of hydrogen-bond donors (Lipinski definition) is 0. The van der Waals surface area contributed by atoms with Crippen molar-refractivity contribution < 1.29 is 50.3 Å². The SMILES string of the molecule is [CH2-]CC(C)c1ccc(-c2cc[c-]c(F)c2F)cc1.[Re].[W]. The molecular weight excluding hydrogens is 600 g/mol. The first kappa shape index (κ1) is 19.7. The minimum absolute atomic E-state index is 0. The van der Waals surface area contributed by atoms with Crippen LogP contribution in [0.2, 0.25) is 0 Å². The molecule has 0 aliphatic rings. The monoisotopic (exact) mass is 615 g/mol. The Hall–Kier alpha value is -0.349. The Balaban J connectivity index is 0.00000180. The molecule has 0 bridgehead atoms. The van der Waals surface area contributed by atoms with E-state index in [1.54, 1.807) is 12.1 Å². The van der Waals surface area contributed by atoms with Crippen LogP contribution in [0.5, 0.6) is 0 Å². The molecule has 0 heterocycles. The van der Waals surface area contributed by atoms with Gasteiger partial charge in [-0.25, -0.2) is 4.39 Å². The number of rotatable bonds is 3. The Morgan fingerprint density at radius 1 is 1.15 bits per heavy atom. The zero-order chi connectivity index (χ0) is 13.1. The third-order valence-corrected chi connectivity index (χ3v) is 3.11. The minimum atomic E-state index is -0.942. The Bertz CT molecular complexity index is 541. The second-order valence-corrected chi connectivity index (χ2v) is 4.33. The predicted octanol–water partition coefficient (Wildman–Crippen LogP) is 4.75. The maximum Gasteiger partial charge on any atom is 0.0511 e. The standard InChI is InChI=1S/C16H14F2.Re.W/c1-3-11(2)12-7-9-13(10-8-12)14-5-4-6-15(17)16(14)18;;/h4-5,7-11H,1,3H2,2H3;;/q-2;;. The summed E-state index contributed by atoms with van der Waals surface area (Å²) in [4.78, 5) is 0. The molecule has 0 saturated heterocycles. The summed E-state index contributed by atoms with van der Waals surface area (Å²) in [5.74, 6) is -1.43. The van der Waals surface area contributed by atoms with E-state index in [4.69, 9.17) is 0 Å². The zero-order valence-electron chi connectivity index (χ0n) is 11.0. The summed E-state index contributed by atoms with van der Waals surface area (Å²) < 4.78 is 26.7. The zero-order valence-corrected chi connectivity index (χ0v) is 16.6. The molecule has 2 aromatic rings. The van der Waals surface area contributed by atoms with Crippen LogP contribution in [-0.4, -0.2) is 0 Å². The van der Waals surface area contributed by atoms with Crippen molar-refractivity contribution in [2.75, 3.05) is 0 Å². The van der Waals surface area contributed by atoms with E-state index in [0.29, 0.717) is 11.5 Å². The first-order valence-electron chi connectivity index (χ1n) is 5.88. The molecule has 1 radical (unpaired) electrons. The second-order valence-electron chi connectivity index (χ2n) is 4.33. The third-order valence-electron chi connectivity index (χ3n) is 3.11. The molecule has 0 aliphatic carbocycles. The van der Waals surface area contributed by atoms with Crippen molar-refractivity contribution in [3.05, 3.63) is 66.6 Å². The van der Waals surface area contributed by atoms with Crippen molar-refractivity contribution in [3.63, 3.8) is 0 Å². The van der Waals surface area contributed by atoms with Gasteiger partial charge in [0.15, 0.2) is 0 Å². The quantitative estimate of drug-likeness (QED) is 0.438. The topological polar surface area (TPSA) is 0 Å². The predicted molar refractivity (Wildman–Crippen MR) is 69.0 cm³/mol. The van der Waals surface area contributed by atoms with Gasteiger partial charge in [-0.3, -0.25) is 4.39 Å². The van der Waals surface area contributed by atoms with E-state index >= 15 is 0 Å². The first-order chi connectivity index (χ1) is 8.63. The van der Waals surface area contributed by atoms with E-state index in [0.717, 1.165) is 12.0 Å². The summed E-state index contributed by atoms with van der Waals surface area (Å²) in [5.41, 5.74) is 2.08. The van der Waals surface area contributed by atoms with Crippen LogP contribution in [0.3, 0.4) is 0 Å². The summed E-state index contributed by atoms with van der Waals surface area (Å²) in [5, 5.41) is 0. The van der Waals surface area contributed by atoms with Crippen molar-refractivity contribution >= 4 is 0 Å². The van der Waals surface area contributed by atoms with Crippen LogP contribution in [0.25, 0.3) is 11.1 Å². The third kappa shape index (κ3) is 4.32. The summed E-state index contributed by atoms with van der Waals surface area (Å²) >= 11 is 0. The van der Waals surface area contributed by atoms with Gasteiger partial charge in [0.2, 0.25) is 0 Å². The van der Waals surface area contributed by atoms with Gasteiger partial charge >= 0.3 is 0 Å². The molecule has 1 atom stereocenters. The van der Waals surface area contributed by atoms with Gasteiger partial charge in [0.1, 0.15) is 0 Å². The molecule has 0 amide bonds. The molecule has 107 valence electrons. The van der Waals surface area contributed by atoms with Crippen LogP contribution in [0.1, 0.15) is 24.8 Å². The fourth-order valence-electron chi connectivity index (χ4n) is 1.83. The molecule has 4 heteroatoms. The van der Waals surface area contributed by atoms with Gasteiger partial charge in [-0.1, -0.05) is 36.8 Å². The van der Waals surface area contributed by atoms with Crippen LogP contribution in [0.15, 0.2) is 36.4 Å². The van der Waals surface area contributed by atoms with E-state index in [-0.39, 0.29) is 47.1 Å². The Morgan fingerprint density at radius 2 is 1.75 bits per heavy atom. The van der Waals surface area contributed by atoms with Crippen molar-refractivity contribution in [2.45, 2.75) is 19.3 Å². The molecule has 0 aliphatic heterocycles. The van der Waals surface area contributed by atoms with Gasteiger partial charge in [0, 0.05) is 47.3 Å². The molecule has 20 heavy (non-hydrogen) atoms. The molecule has 2 rings (SSSR count). The van der Waals surface area contributed by atoms with E-state index in [1.807, 2.05) is 12.1 Å². The van der Waals surface area contributed by atoms with Gasteiger partial charge < -0.3 is 6.92 Å². The maximum absolute atomic E-state index is 13.6. The van der Waals surface area contributed by atoms with Gasteiger partial charge in [0.25, 0.3) is 0 Å². The van der Waals surface area contributed by atoms with Gasteiger partial charge in [-0.15, -0.1) is 6.07 Å². The Kier molecular flexibility index (Phi) is 8.68. The Morgan fingerprint density at radius 3 is 2.30 bits per heavy atom. The smallest absolute Gasteiger partial charge is 0.0511 e. The minimum Gasteiger partial charge on any atom is -0.343 e. The van der Waals surface area contributed by atoms with Crippen LogP contribution >= 0.6 is 0 Å². The molecular formula is C16H14F2ReW-2. The first-order valence-corrected chi connectivity index (χ1v) is 5.88. The van der Waals surface area contributed by atoms with Gasteiger partial charge in [0.05, 0.1) is 5.82 Å². The number of benzene rings is 2. The number of halogens is 2. The normalized spacial score (nSPS) is 11.2. The van der Waals surface area contributed by atoms with Gasteiger partial charge in [-0.2, -0.15) is 18.6 Å². The van der Waals surface area contributed by atoms with Crippen LogP contribution in [0, 0.1) is 24.6 Å². The molecule has 0 N–H and O–H groups in total. The average Bonchev–Trinajstić information content (AvgIpc) is 2.41. The Labute approximate surface area is 146 Å². The van der Waals surface area contributed by atoms with Gasteiger partial charge in [-0.05, 0) is 17.0 Å². The van der Waals surface area contributed by atoms with Crippen molar-refractivity contribution in [1.29, 1.82) is 0 Å². The summed E-state index contributed by atoms with van der Waals surface area (Å²) in [7, 11) is 0. The molecule has 0 fully saturated rings. The number of hydrogen-bond acceptors (Lipinski definition) is 0. The van der Waals surface area contributed by atoms with Crippen LogP contribution < -0.4 is 0 Å². The van der Waals surface area contributed by atoms with Crippen molar-refractivity contribution in [3.8, 4) is 11.1 Å². The molecule has 0 aromatic heterocycles. The van der Waals surface area contributed by atoms with E-state index in [2.05, 4.69) is 19.9 Å². The summed E-state index contributed by atoms with van der Waals surface area (Å²) in [6, 6.07) is 12.6. The average molecular weight is 614 g/mol. The molecule has 2 aromatic carbocycles. The molecule has 1 unspecified atom stereocenters. The van der Waals surface area contributed by atoms with E-state index in [1.165, 1.54) is 12.1 Å². The molecule has 0 nitrogen and oxygen atoms in total. The van der Waals surface area contributed by atoms with Crippen LogP contribution in [-0.2, 0) is 41.5 Å². The van der Waals surface area contributed by atoms with E-state index in [9.17, 15) is 8.78 Å². The summed E-state index contributed by atoms with van der Waals surface area (Å²) in [6.07, 6.45) is 0.808. The summed E-state index contributed by atoms with van der Waals surface area (Å²) in [6.45, 7) is 5.94. The maximum atomic E-state index is 13.6.